The van der Waals surface area contributed by atoms with Gasteiger partial charge in [0.05, 0.1) is 10.6 Å². The highest BCUT2D eigenvalue weighted by molar-refractivity contribution is 14.1. The number of sulfonamides is 1. The van der Waals surface area contributed by atoms with Crippen molar-refractivity contribution in [1.82, 2.24) is 0 Å². The molecule has 0 saturated carbocycles. The lowest BCUT2D eigenvalue weighted by Gasteiger charge is -2.13. The molecule has 0 aliphatic carbocycles. The van der Waals surface area contributed by atoms with E-state index in [0.29, 0.717) is 10.6 Å². The summed E-state index contributed by atoms with van der Waals surface area (Å²) in [6.07, 6.45) is 0. The maximum atomic E-state index is 12.5. The van der Waals surface area contributed by atoms with Gasteiger partial charge in [-0.05, 0) is 78.8 Å². The quantitative estimate of drug-likeness (QED) is 0.790. The van der Waals surface area contributed by atoms with Crippen LogP contribution in [0.5, 0.6) is 0 Å². The van der Waals surface area contributed by atoms with Crippen molar-refractivity contribution >= 4 is 38.3 Å². The number of hydrogen-bond acceptors (Lipinski definition) is 2. The van der Waals surface area contributed by atoms with Crippen LogP contribution in [0.3, 0.4) is 0 Å². The molecule has 0 spiro atoms. The molecule has 5 heteroatoms. The molecule has 0 aliphatic rings. The fraction of sp³-hybridized carbons (Fsp3) is 0.200. The first-order valence-electron chi connectivity index (χ1n) is 6.16. The lowest BCUT2D eigenvalue weighted by atomic mass is 10.2. The van der Waals surface area contributed by atoms with Gasteiger partial charge in [0.1, 0.15) is 0 Å². The maximum Gasteiger partial charge on any atom is 0.262 e. The average molecular weight is 401 g/mol. The molecule has 0 heterocycles. The summed E-state index contributed by atoms with van der Waals surface area (Å²) in [5.74, 6) is 0. The molecule has 2 aromatic carbocycles. The molecule has 0 aliphatic heterocycles. The molecule has 0 radical (unpaired) electrons. The zero-order valence-electron chi connectivity index (χ0n) is 11.6. The summed E-state index contributed by atoms with van der Waals surface area (Å²) in [7, 11) is -3.55. The predicted molar refractivity (Wildman–Crippen MR) is 90.6 cm³/mol. The second kappa shape index (κ2) is 5.73. The fourth-order valence-corrected chi connectivity index (χ4v) is 4.05. The predicted octanol–water partition coefficient (Wildman–Crippen LogP) is 4.02. The smallest absolute Gasteiger partial charge is 0.262 e. The van der Waals surface area contributed by atoms with Crippen molar-refractivity contribution in [1.29, 1.82) is 0 Å². The Morgan fingerprint density at radius 2 is 1.65 bits per heavy atom. The molecule has 0 bridgehead atoms. The van der Waals surface area contributed by atoms with Gasteiger partial charge in [0.2, 0.25) is 0 Å². The van der Waals surface area contributed by atoms with Gasteiger partial charge in [-0.25, -0.2) is 8.42 Å². The molecule has 0 unspecified atom stereocenters. The minimum atomic E-state index is -3.55. The van der Waals surface area contributed by atoms with Gasteiger partial charge < -0.3 is 0 Å². The van der Waals surface area contributed by atoms with Crippen LogP contribution < -0.4 is 4.72 Å². The molecule has 2 aromatic rings. The normalized spacial score (nSPS) is 11.4. The van der Waals surface area contributed by atoms with Gasteiger partial charge in [-0.1, -0.05) is 17.7 Å². The molecule has 0 aromatic heterocycles. The van der Waals surface area contributed by atoms with Crippen LogP contribution in [0.4, 0.5) is 5.69 Å². The van der Waals surface area contributed by atoms with Crippen LogP contribution in [0.2, 0.25) is 0 Å². The first kappa shape index (κ1) is 15.3. The number of benzene rings is 2. The van der Waals surface area contributed by atoms with Gasteiger partial charge in [-0.3, -0.25) is 4.72 Å². The van der Waals surface area contributed by atoms with E-state index < -0.39 is 10.0 Å². The molecule has 0 atom stereocenters. The number of rotatable bonds is 3. The SMILES string of the molecule is Cc1ccc(S(=O)(=O)Nc2ccc(I)cc2C)c(C)c1. The van der Waals surface area contributed by atoms with E-state index in [9.17, 15) is 8.42 Å². The number of anilines is 1. The number of hydrogen-bond donors (Lipinski definition) is 1. The number of aryl methyl sites for hydroxylation is 3. The van der Waals surface area contributed by atoms with E-state index in [0.717, 1.165) is 20.3 Å². The summed E-state index contributed by atoms with van der Waals surface area (Å²) in [6, 6.07) is 10.9. The molecule has 0 fully saturated rings. The summed E-state index contributed by atoms with van der Waals surface area (Å²) >= 11 is 2.20. The summed E-state index contributed by atoms with van der Waals surface area (Å²) in [6.45, 7) is 5.64. The van der Waals surface area contributed by atoms with E-state index in [1.165, 1.54) is 0 Å². The zero-order valence-corrected chi connectivity index (χ0v) is 14.5. The Kier molecular flexibility index (Phi) is 4.39. The second-order valence-corrected chi connectivity index (χ2v) is 7.73. The minimum Gasteiger partial charge on any atom is -0.279 e. The molecule has 20 heavy (non-hydrogen) atoms. The van der Waals surface area contributed by atoms with E-state index in [-0.39, 0.29) is 0 Å². The second-order valence-electron chi connectivity index (χ2n) is 4.83. The summed E-state index contributed by atoms with van der Waals surface area (Å²) in [5, 5.41) is 0. The number of halogens is 1. The Hall–Kier alpha value is -1.08. The standard InChI is InChI=1S/C15H16INO2S/c1-10-4-7-15(12(3)8-10)20(18,19)17-14-6-5-13(16)9-11(14)2/h4-9,17H,1-3H3. The molecule has 1 N–H and O–H groups in total. The minimum absolute atomic E-state index is 0.320. The molecule has 106 valence electrons. The molecule has 0 amide bonds. The summed E-state index contributed by atoms with van der Waals surface area (Å²) < 4.78 is 28.7. The Morgan fingerprint density at radius 1 is 0.950 bits per heavy atom. The first-order chi connectivity index (χ1) is 9.29. The third kappa shape index (κ3) is 3.32. The third-order valence-corrected chi connectivity index (χ3v) is 5.25. The van der Waals surface area contributed by atoms with Gasteiger partial charge in [0, 0.05) is 3.57 Å². The van der Waals surface area contributed by atoms with Crippen LogP contribution in [-0.4, -0.2) is 8.42 Å². The fourth-order valence-electron chi connectivity index (χ4n) is 2.04. The van der Waals surface area contributed by atoms with Gasteiger partial charge >= 0.3 is 0 Å². The Morgan fingerprint density at radius 3 is 2.25 bits per heavy atom. The van der Waals surface area contributed by atoms with Gasteiger partial charge in [0.25, 0.3) is 10.0 Å². The zero-order chi connectivity index (χ0) is 14.9. The molecule has 3 nitrogen and oxygen atoms in total. The van der Waals surface area contributed by atoms with Crippen LogP contribution in [0.15, 0.2) is 41.3 Å². The van der Waals surface area contributed by atoms with E-state index in [1.54, 1.807) is 12.1 Å². The Balaban J connectivity index is 2.41. The van der Waals surface area contributed by atoms with Crippen molar-refractivity contribution in [3.05, 3.63) is 56.7 Å². The van der Waals surface area contributed by atoms with Crippen LogP contribution >= 0.6 is 22.6 Å². The van der Waals surface area contributed by atoms with Crippen molar-refractivity contribution in [2.24, 2.45) is 0 Å². The van der Waals surface area contributed by atoms with Crippen molar-refractivity contribution in [3.63, 3.8) is 0 Å². The highest BCUT2D eigenvalue weighted by atomic mass is 127. The van der Waals surface area contributed by atoms with E-state index in [1.807, 2.05) is 45.0 Å². The van der Waals surface area contributed by atoms with Crippen molar-refractivity contribution in [2.45, 2.75) is 25.7 Å². The number of nitrogens with one attached hydrogen (secondary N) is 1. The van der Waals surface area contributed by atoms with E-state index >= 15 is 0 Å². The van der Waals surface area contributed by atoms with Gasteiger partial charge in [-0.2, -0.15) is 0 Å². The topological polar surface area (TPSA) is 46.2 Å². The third-order valence-electron chi connectivity index (χ3n) is 3.05. The van der Waals surface area contributed by atoms with Crippen molar-refractivity contribution < 1.29 is 8.42 Å². The van der Waals surface area contributed by atoms with Crippen LogP contribution in [0, 0.1) is 24.3 Å². The largest absolute Gasteiger partial charge is 0.279 e. The van der Waals surface area contributed by atoms with Gasteiger partial charge in [0.15, 0.2) is 0 Å². The highest BCUT2D eigenvalue weighted by Gasteiger charge is 2.17. The lowest BCUT2D eigenvalue weighted by Crippen LogP contribution is -2.15. The lowest BCUT2D eigenvalue weighted by molar-refractivity contribution is 0.600. The van der Waals surface area contributed by atoms with Crippen molar-refractivity contribution in [2.75, 3.05) is 4.72 Å². The van der Waals surface area contributed by atoms with Crippen molar-refractivity contribution in [3.8, 4) is 0 Å². The van der Waals surface area contributed by atoms with Crippen LogP contribution in [-0.2, 0) is 10.0 Å². The molecular weight excluding hydrogens is 385 g/mol. The maximum absolute atomic E-state index is 12.5. The Bertz CT molecular complexity index is 754. The first-order valence-corrected chi connectivity index (χ1v) is 8.72. The summed E-state index contributed by atoms with van der Waals surface area (Å²) in [5.41, 5.74) is 3.32. The van der Waals surface area contributed by atoms with E-state index in [2.05, 4.69) is 27.3 Å². The average Bonchev–Trinajstić information content (AvgIpc) is 2.32. The van der Waals surface area contributed by atoms with E-state index in [4.69, 9.17) is 0 Å². The molecular formula is C15H16INO2S. The van der Waals surface area contributed by atoms with Crippen LogP contribution in [0.1, 0.15) is 16.7 Å². The van der Waals surface area contributed by atoms with Crippen LogP contribution in [0.25, 0.3) is 0 Å². The monoisotopic (exact) mass is 401 g/mol. The van der Waals surface area contributed by atoms with Gasteiger partial charge in [-0.15, -0.1) is 0 Å². The summed E-state index contributed by atoms with van der Waals surface area (Å²) in [4.78, 5) is 0.320. The molecule has 0 saturated heterocycles. The highest BCUT2D eigenvalue weighted by Crippen LogP contribution is 2.23. The Labute approximate surface area is 133 Å². The molecule has 2 rings (SSSR count).